The van der Waals surface area contributed by atoms with Crippen molar-refractivity contribution in [1.29, 1.82) is 0 Å². The number of hydrazone groups is 1. The van der Waals surface area contributed by atoms with Crippen molar-refractivity contribution in [2.24, 2.45) is 16.8 Å². The van der Waals surface area contributed by atoms with Crippen molar-refractivity contribution in [3.8, 4) is 5.75 Å². The number of aromatic nitrogens is 1. The molecule has 4 rings (SSSR count). The lowest BCUT2D eigenvalue weighted by Crippen LogP contribution is -2.32. The largest absolute Gasteiger partial charge is 0.489 e. The number of hydrogen-bond acceptors (Lipinski definition) is 5. The molecule has 1 aromatic heterocycles. The molecular formula is C24H20ClF3N6O2. The Balaban J connectivity index is 1.51. The van der Waals surface area contributed by atoms with Crippen molar-refractivity contribution in [1.82, 2.24) is 9.99 Å². The Kier molecular flexibility index (Phi) is 7.32. The average molecular weight is 517 g/mol. The molecule has 0 aliphatic heterocycles. The van der Waals surface area contributed by atoms with Gasteiger partial charge in [-0.05, 0) is 42.5 Å². The SMILES string of the molecule is N/N=C(\NN)c1ccc2c(C(=O)Nc3ccc(OCc4ccc(F)cc4Cl)cc3)cn(C(F)F)c2c1. The number of hydrazine groups is 1. The first-order chi connectivity index (χ1) is 17.3. The molecule has 0 atom stereocenters. The molecule has 0 fully saturated rings. The minimum atomic E-state index is -2.89. The maximum Gasteiger partial charge on any atom is 0.319 e. The second kappa shape index (κ2) is 10.6. The van der Waals surface area contributed by atoms with Crippen LogP contribution in [0, 0.1) is 5.82 Å². The first kappa shape index (κ1) is 24.9. The summed E-state index contributed by atoms with van der Waals surface area (Å²) in [5.74, 6) is 10.2. The zero-order chi connectivity index (χ0) is 25.8. The van der Waals surface area contributed by atoms with E-state index >= 15 is 0 Å². The van der Waals surface area contributed by atoms with Crippen molar-refractivity contribution >= 4 is 39.9 Å². The summed E-state index contributed by atoms with van der Waals surface area (Å²) in [7, 11) is 0. The number of amidine groups is 1. The molecule has 1 heterocycles. The molecule has 186 valence electrons. The highest BCUT2D eigenvalue weighted by molar-refractivity contribution is 6.31. The fourth-order valence-electron chi connectivity index (χ4n) is 3.57. The van der Waals surface area contributed by atoms with Crippen LogP contribution in [-0.4, -0.2) is 16.3 Å². The number of nitrogens with two attached hydrogens (primary N) is 2. The zero-order valence-electron chi connectivity index (χ0n) is 18.5. The van der Waals surface area contributed by atoms with E-state index in [1.54, 1.807) is 30.3 Å². The summed E-state index contributed by atoms with van der Waals surface area (Å²) < 4.78 is 46.9. The summed E-state index contributed by atoms with van der Waals surface area (Å²) in [6.07, 6.45) is 1.08. The van der Waals surface area contributed by atoms with Crippen LogP contribution in [0.3, 0.4) is 0 Å². The van der Waals surface area contributed by atoms with Gasteiger partial charge in [0.05, 0.1) is 16.1 Å². The quantitative estimate of drug-likeness (QED) is 0.122. The molecule has 8 nitrogen and oxygen atoms in total. The van der Waals surface area contributed by atoms with Crippen molar-refractivity contribution in [3.05, 3.63) is 94.4 Å². The minimum absolute atomic E-state index is 0.0510. The number of nitrogens with one attached hydrogen (secondary N) is 2. The maximum atomic E-state index is 13.7. The second-order valence-corrected chi connectivity index (χ2v) is 7.99. The molecule has 0 aliphatic carbocycles. The Morgan fingerprint density at radius 2 is 1.86 bits per heavy atom. The molecule has 3 aromatic carbocycles. The highest BCUT2D eigenvalue weighted by Gasteiger charge is 2.20. The van der Waals surface area contributed by atoms with Gasteiger partial charge in [-0.3, -0.25) is 9.36 Å². The summed E-state index contributed by atoms with van der Waals surface area (Å²) in [4.78, 5) is 12.9. The van der Waals surface area contributed by atoms with Gasteiger partial charge in [-0.15, -0.1) is 0 Å². The molecule has 0 unspecified atom stereocenters. The number of anilines is 1. The van der Waals surface area contributed by atoms with Gasteiger partial charge in [0, 0.05) is 28.4 Å². The predicted molar refractivity (Wildman–Crippen MR) is 131 cm³/mol. The van der Waals surface area contributed by atoms with Crippen LogP contribution in [0.2, 0.25) is 5.02 Å². The van der Waals surface area contributed by atoms with Crippen molar-refractivity contribution in [2.45, 2.75) is 13.2 Å². The van der Waals surface area contributed by atoms with Crippen molar-refractivity contribution < 1.29 is 22.7 Å². The number of carbonyl (C=O) groups excluding carboxylic acids is 1. The van der Waals surface area contributed by atoms with Gasteiger partial charge in [-0.25, -0.2) is 10.2 Å². The molecule has 4 aromatic rings. The van der Waals surface area contributed by atoms with Crippen molar-refractivity contribution in [3.63, 3.8) is 0 Å². The van der Waals surface area contributed by atoms with Gasteiger partial charge < -0.3 is 21.3 Å². The van der Waals surface area contributed by atoms with Gasteiger partial charge in [0.25, 0.3) is 5.91 Å². The van der Waals surface area contributed by atoms with Crippen LogP contribution >= 0.6 is 11.6 Å². The zero-order valence-corrected chi connectivity index (χ0v) is 19.3. The Morgan fingerprint density at radius 1 is 1.11 bits per heavy atom. The first-order valence-electron chi connectivity index (χ1n) is 10.5. The molecule has 0 saturated heterocycles. The third kappa shape index (κ3) is 5.21. The third-order valence-corrected chi connectivity index (χ3v) is 5.70. The fourth-order valence-corrected chi connectivity index (χ4v) is 3.79. The number of ether oxygens (including phenoxy) is 1. The van der Waals surface area contributed by atoms with Crippen LogP contribution in [0.25, 0.3) is 10.9 Å². The topological polar surface area (TPSA) is 120 Å². The van der Waals surface area contributed by atoms with E-state index in [2.05, 4.69) is 15.8 Å². The molecule has 0 aliphatic rings. The minimum Gasteiger partial charge on any atom is -0.489 e. The monoisotopic (exact) mass is 516 g/mol. The molecule has 6 N–H and O–H groups in total. The van der Waals surface area contributed by atoms with E-state index < -0.39 is 18.3 Å². The molecule has 0 bridgehead atoms. The molecule has 1 amide bonds. The molecule has 0 saturated carbocycles. The second-order valence-electron chi connectivity index (χ2n) is 7.58. The van der Waals surface area contributed by atoms with Crippen LogP contribution in [0.4, 0.5) is 18.9 Å². The Hall–Kier alpha value is -4.22. The predicted octanol–water partition coefficient (Wildman–Crippen LogP) is 4.74. The van der Waals surface area contributed by atoms with Crippen LogP contribution < -0.4 is 27.2 Å². The summed E-state index contributed by atoms with van der Waals surface area (Å²) >= 11 is 6.00. The number of hydrogen-bond donors (Lipinski definition) is 4. The highest BCUT2D eigenvalue weighted by atomic mass is 35.5. The fraction of sp³-hybridized carbons (Fsp3) is 0.0833. The van der Waals surface area contributed by atoms with E-state index in [-0.39, 0.29) is 28.5 Å². The Labute approximate surface area is 208 Å². The smallest absolute Gasteiger partial charge is 0.319 e. The number of alkyl halides is 2. The number of benzene rings is 3. The van der Waals surface area contributed by atoms with Gasteiger partial charge in [0.2, 0.25) is 0 Å². The van der Waals surface area contributed by atoms with E-state index in [0.717, 1.165) is 6.20 Å². The van der Waals surface area contributed by atoms with Gasteiger partial charge >= 0.3 is 6.55 Å². The summed E-state index contributed by atoms with van der Waals surface area (Å²) in [6.45, 7) is -2.77. The van der Waals surface area contributed by atoms with E-state index in [1.807, 2.05) is 0 Å². The number of rotatable bonds is 7. The van der Waals surface area contributed by atoms with Crippen molar-refractivity contribution in [2.75, 3.05) is 5.32 Å². The van der Waals surface area contributed by atoms with E-state index in [9.17, 15) is 18.0 Å². The highest BCUT2D eigenvalue weighted by Crippen LogP contribution is 2.28. The summed E-state index contributed by atoms with van der Waals surface area (Å²) in [5, 5.41) is 6.72. The van der Waals surface area contributed by atoms with Gasteiger partial charge in [0.15, 0.2) is 5.84 Å². The first-order valence-corrected chi connectivity index (χ1v) is 10.8. The van der Waals surface area contributed by atoms with E-state index in [0.29, 0.717) is 32.5 Å². The normalized spacial score (nSPS) is 11.7. The summed E-state index contributed by atoms with van der Waals surface area (Å²) in [6, 6.07) is 14.9. The van der Waals surface area contributed by atoms with Crippen LogP contribution in [-0.2, 0) is 6.61 Å². The molecule has 12 heteroatoms. The molecule has 0 radical (unpaired) electrons. The van der Waals surface area contributed by atoms with Gasteiger partial charge in [-0.1, -0.05) is 29.8 Å². The average Bonchev–Trinajstić information content (AvgIpc) is 3.25. The Morgan fingerprint density at radius 3 is 2.50 bits per heavy atom. The standard InChI is InChI=1S/C24H20ClF3N6O2/c25-20-10-15(26)3-1-14(20)12-36-17-6-4-16(5-7-17)31-23(35)19-11-34(24(27)28)21-9-13(2-8-18(19)21)22(32-29)33-30/h1-11,24H,12,29-30H2,(H,31,35)(H,32,33). The lowest BCUT2D eigenvalue weighted by molar-refractivity contribution is 0.0750. The maximum absolute atomic E-state index is 13.7. The lowest BCUT2D eigenvalue weighted by Gasteiger charge is -2.09. The van der Waals surface area contributed by atoms with E-state index in [4.69, 9.17) is 28.0 Å². The van der Waals surface area contributed by atoms with Crippen LogP contribution in [0.15, 0.2) is 72.0 Å². The van der Waals surface area contributed by atoms with Crippen LogP contribution in [0.5, 0.6) is 5.75 Å². The molecule has 0 spiro atoms. The number of nitrogens with zero attached hydrogens (tertiary/aromatic N) is 2. The van der Waals surface area contributed by atoms with E-state index in [1.165, 1.54) is 30.3 Å². The number of halogens is 4. The van der Waals surface area contributed by atoms with Gasteiger partial charge in [0.1, 0.15) is 18.2 Å². The molecule has 36 heavy (non-hydrogen) atoms. The number of carbonyl (C=O) groups is 1. The third-order valence-electron chi connectivity index (χ3n) is 5.35. The van der Waals surface area contributed by atoms with Gasteiger partial charge in [-0.2, -0.15) is 13.9 Å². The lowest BCUT2D eigenvalue weighted by atomic mass is 10.1. The number of amides is 1. The Bertz CT molecular complexity index is 1440. The molecular weight excluding hydrogens is 497 g/mol. The summed E-state index contributed by atoms with van der Waals surface area (Å²) in [5.41, 5.74) is 3.85. The van der Waals surface area contributed by atoms with Crippen LogP contribution in [0.1, 0.15) is 28.0 Å². The number of fused-ring (bicyclic) bond motifs is 1.